The highest BCUT2D eigenvalue weighted by molar-refractivity contribution is 7.00. The van der Waals surface area contributed by atoms with Crippen LogP contribution in [0.2, 0.25) is 0 Å². The topological polar surface area (TPSA) is 34.2 Å². The van der Waals surface area contributed by atoms with Gasteiger partial charge in [0.25, 0.3) is 13.4 Å². The van der Waals surface area contributed by atoms with Gasteiger partial charge in [-0.1, -0.05) is 162 Å². The molecule has 0 spiro atoms. The lowest BCUT2D eigenvalue weighted by molar-refractivity contribution is 0.456. The molecule has 5 nitrogen and oxygen atoms in total. The van der Waals surface area contributed by atoms with E-state index in [4.69, 9.17) is 14.2 Å². The first-order valence-corrected chi connectivity index (χ1v) is 24.8. The lowest BCUT2D eigenvalue weighted by Gasteiger charge is -2.37. The molecule has 0 aliphatic carbocycles. The van der Waals surface area contributed by atoms with E-state index in [0.717, 1.165) is 95.9 Å². The van der Waals surface area contributed by atoms with Crippen LogP contribution in [0, 0.1) is 0 Å². The van der Waals surface area contributed by atoms with Crippen LogP contribution in [0.15, 0.2) is 200 Å². The number of benzene rings is 9. The number of anilines is 6. The van der Waals surface area contributed by atoms with Gasteiger partial charge in [0, 0.05) is 58.2 Å². The number of fused-ring (bicyclic) bond motifs is 6. The van der Waals surface area contributed by atoms with Crippen LogP contribution in [-0.2, 0) is 0 Å². The van der Waals surface area contributed by atoms with Crippen LogP contribution < -0.4 is 56.8 Å². The third-order valence-corrected chi connectivity index (χ3v) is 14.4. The Morgan fingerprint density at radius 2 is 0.700 bits per heavy atom. The molecule has 0 atom stereocenters. The molecule has 0 radical (unpaired) electrons. The molecular weight excluding hydrogens is 854 g/mol. The van der Waals surface area contributed by atoms with Crippen molar-refractivity contribution in [3.63, 3.8) is 0 Å². The highest BCUT2D eigenvalue weighted by atomic mass is 16.5. The molecule has 0 bridgehead atoms. The summed E-state index contributed by atoms with van der Waals surface area (Å²) in [7, 11) is 0. The van der Waals surface area contributed by atoms with E-state index in [1.165, 1.54) is 22.2 Å². The average Bonchev–Trinajstić information content (AvgIpc) is 3.38. The van der Waals surface area contributed by atoms with E-state index in [-0.39, 0.29) is 25.3 Å². The Labute approximate surface area is 413 Å². The summed E-state index contributed by atoms with van der Waals surface area (Å²) in [6.07, 6.45) is 0. The van der Waals surface area contributed by atoms with Gasteiger partial charge in [-0.2, -0.15) is 0 Å². The number of hydrogen-bond acceptors (Lipinski definition) is 5. The third kappa shape index (κ3) is 7.43. The lowest BCUT2D eigenvalue weighted by Crippen LogP contribution is -2.61. The van der Waals surface area contributed by atoms with Gasteiger partial charge in [0.05, 0.1) is 5.69 Å². The molecule has 0 fully saturated rings. The fraction of sp³-hybridized carbons (Fsp3) is 0.143. The summed E-state index contributed by atoms with van der Waals surface area (Å²) in [5.74, 6) is 5.77. The second kappa shape index (κ2) is 17.6. The quantitative estimate of drug-likeness (QED) is 0.128. The summed E-state index contributed by atoms with van der Waals surface area (Å²) < 4.78 is 21.5. The highest BCUT2D eigenvalue weighted by Crippen LogP contribution is 2.44. The maximum atomic E-state index is 7.32. The Morgan fingerprint density at radius 3 is 1.20 bits per heavy atom. The minimum atomic E-state index is -0.146. The van der Waals surface area contributed by atoms with Gasteiger partial charge in [-0.3, -0.25) is 0 Å². The Hall–Kier alpha value is -7.89. The molecule has 7 heteroatoms. The normalized spacial score (nSPS) is 12.8. The predicted octanol–water partition coefficient (Wildman–Crippen LogP) is 13.3. The molecule has 0 N–H and O–H groups in total. The van der Waals surface area contributed by atoms with Crippen LogP contribution in [0.3, 0.4) is 0 Å². The van der Waals surface area contributed by atoms with Crippen molar-refractivity contribution in [1.82, 2.24) is 0 Å². The van der Waals surface area contributed by atoms with Gasteiger partial charge < -0.3 is 24.0 Å². The zero-order valence-corrected chi connectivity index (χ0v) is 40.6. The zero-order valence-electron chi connectivity index (χ0n) is 40.6. The molecule has 3 aliphatic heterocycles. The van der Waals surface area contributed by atoms with Crippen molar-refractivity contribution in [3.8, 4) is 34.5 Å². The van der Waals surface area contributed by atoms with Crippen LogP contribution in [-0.4, -0.2) is 13.4 Å². The third-order valence-electron chi connectivity index (χ3n) is 14.4. The van der Waals surface area contributed by atoms with Crippen LogP contribution in [0.25, 0.3) is 0 Å². The van der Waals surface area contributed by atoms with E-state index < -0.39 is 0 Å². The molecule has 0 saturated heterocycles. The lowest BCUT2D eigenvalue weighted by atomic mass is 9.31. The van der Waals surface area contributed by atoms with Gasteiger partial charge in [0.2, 0.25) is 0 Å². The van der Waals surface area contributed by atoms with Crippen LogP contribution in [0.4, 0.5) is 34.1 Å². The molecule has 9 aromatic rings. The molecule has 0 amide bonds. The maximum absolute atomic E-state index is 7.32. The first kappa shape index (κ1) is 43.4. The smallest absolute Gasteiger partial charge is 0.260 e. The molecular formula is C63H54B2N2O3. The van der Waals surface area contributed by atoms with E-state index in [9.17, 15) is 0 Å². The molecule has 0 unspecified atom stereocenters. The molecule has 3 aliphatic rings. The van der Waals surface area contributed by atoms with Crippen molar-refractivity contribution in [2.24, 2.45) is 0 Å². The summed E-state index contributed by atoms with van der Waals surface area (Å²) in [5, 5.41) is 0. The van der Waals surface area contributed by atoms with Gasteiger partial charge in [0.15, 0.2) is 0 Å². The molecule has 0 saturated carbocycles. The average molecular weight is 909 g/mol. The second-order valence-corrected chi connectivity index (χ2v) is 19.8. The fourth-order valence-electron chi connectivity index (χ4n) is 11.1. The Balaban J connectivity index is 1.09. The van der Waals surface area contributed by atoms with Crippen LogP contribution in [0.1, 0.15) is 76.0 Å². The van der Waals surface area contributed by atoms with Gasteiger partial charge >= 0.3 is 0 Å². The van der Waals surface area contributed by atoms with Gasteiger partial charge in [-0.15, -0.1) is 0 Å². The first-order valence-electron chi connectivity index (χ1n) is 24.8. The SMILES string of the molecule is CC(C)c1cc(C(C)C)c(B2c3ccc(N(c4ccccc4)c4ccccc4)cc3Oc3cc4c(cc32)B2c3ccccc3Oc3cc(N(c5ccccc5)c5ccccc5)cc(c32)O4)c(C(C)C)c1. The Bertz CT molecular complexity index is 3310. The van der Waals surface area contributed by atoms with Gasteiger partial charge in [-0.25, -0.2) is 0 Å². The maximum Gasteiger partial charge on any atom is 0.260 e. The zero-order chi connectivity index (χ0) is 47.6. The van der Waals surface area contributed by atoms with E-state index in [1.54, 1.807) is 0 Å². The standard InChI is InChI=1S/C63H54B2N2O3/c1-40(2)43-33-50(41(3)4)62(51(34-43)42(5)6)64-53-32-31-48(66(44-21-11-7-12-22-44)45-23-13-8-14-24-45)35-57(53)69-58-39-59-55(38-54(58)64)65-52-29-19-20-30-56(52)68-60-36-49(37-61(70-59)63(60)65)67(46-25-15-9-16-26-46)47-27-17-10-18-28-47/h7-42H,1-6H3. The number of rotatable bonds is 10. The van der Waals surface area contributed by atoms with Crippen LogP contribution >= 0.6 is 0 Å². The molecule has 70 heavy (non-hydrogen) atoms. The molecule has 0 aromatic heterocycles. The van der Waals surface area contributed by atoms with Crippen molar-refractivity contribution in [2.45, 2.75) is 59.3 Å². The summed E-state index contributed by atoms with van der Waals surface area (Å²) >= 11 is 0. The van der Waals surface area contributed by atoms with Crippen molar-refractivity contribution >= 4 is 80.3 Å². The van der Waals surface area contributed by atoms with E-state index in [1.807, 2.05) is 0 Å². The van der Waals surface area contributed by atoms with E-state index in [0.29, 0.717) is 5.92 Å². The summed E-state index contributed by atoms with van der Waals surface area (Å²) in [6, 6.07) is 71.4. The minimum absolute atomic E-state index is 0.125. The summed E-state index contributed by atoms with van der Waals surface area (Å²) in [4.78, 5) is 4.57. The molecule has 3 heterocycles. The van der Waals surface area contributed by atoms with Crippen molar-refractivity contribution in [1.29, 1.82) is 0 Å². The fourth-order valence-corrected chi connectivity index (χ4v) is 11.1. The number of para-hydroxylation sites is 5. The largest absolute Gasteiger partial charge is 0.458 e. The predicted molar refractivity (Wildman–Crippen MR) is 293 cm³/mol. The first-order chi connectivity index (χ1) is 34.2. The Morgan fingerprint density at radius 1 is 0.300 bits per heavy atom. The highest BCUT2D eigenvalue weighted by Gasteiger charge is 2.44. The molecule has 340 valence electrons. The number of ether oxygens (including phenoxy) is 3. The van der Waals surface area contributed by atoms with E-state index >= 15 is 0 Å². The van der Waals surface area contributed by atoms with Crippen molar-refractivity contribution in [2.75, 3.05) is 9.80 Å². The van der Waals surface area contributed by atoms with Crippen LogP contribution in [0.5, 0.6) is 34.5 Å². The van der Waals surface area contributed by atoms with E-state index in [2.05, 4.69) is 252 Å². The Kier molecular flexibility index (Phi) is 10.9. The monoisotopic (exact) mass is 908 g/mol. The van der Waals surface area contributed by atoms with Crippen molar-refractivity contribution < 1.29 is 14.2 Å². The van der Waals surface area contributed by atoms with Crippen molar-refractivity contribution in [3.05, 3.63) is 217 Å². The minimum Gasteiger partial charge on any atom is -0.458 e. The molecule has 9 aromatic carbocycles. The number of nitrogens with zero attached hydrogens (tertiary/aromatic N) is 2. The summed E-state index contributed by atoms with van der Waals surface area (Å²) in [6.45, 7) is 13.7. The molecule has 12 rings (SSSR count). The van der Waals surface area contributed by atoms with Gasteiger partial charge in [0.1, 0.15) is 34.5 Å². The summed E-state index contributed by atoms with van der Waals surface area (Å²) in [5.41, 5.74) is 17.2. The van der Waals surface area contributed by atoms with Gasteiger partial charge in [-0.05, 0) is 117 Å². The number of hydrogen-bond donors (Lipinski definition) is 0. The second-order valence-electron chi connectivity index (χ2n) is 19.8.